The monoisotopic (exact) mass is 256 g/mol. The lowest BCUT2D eigenvalue weighted by Gasteiger charge is -2.00. The summed E-state index contributed by atoms with van der Waals surface area (Å²) in [6.45, 7) is 0.654. The Bertz CT molecular complexity index is 496. The minimum absolute atomic E-state index is 0.483. The molecule has 0 saturated carbocycles. The number of aromatic nitrogens is 1. The highest BCUT2D eigenvalue weighted by Crippen LogP contribution is 2.33. The molecule has 0 spiro atoms. The van der Waals surface area contributed by atoms with Crippen molar-refractivity contribution in [2.75, 3.05) is 7.05 Å². The second-order valence-corrected chi connectivity index (χ2v) is 4.10. The normalized spacial score (nSPS) is 10.7. The molecule has 0 unspecified atom stereocenters. The van der Waals surface area contributed by atoms with Crippen molar-refractivity contribution in [2.45, 2.75) is 6.54 Å². The molecule has 0 amide bonds. The van der Waals surface area contributed by atoms with E-state index in [1.807, 2.05) is 25.2 Å². The summed E-state index contributed by atoms with van der Waals surface area (Å²) in [6, 6.07) is 7.24. The van der Waals surface area contributed by atoms with Gasteiger partial charge in [0.25, 0.3) is 0 Å². The van der Waals surface area contributed by atoms with Crippen LogP contribution in [-0.4, -0.2) is 12.2 Å². The Morgan fingerprint density at radius 1 is 1.38 bits per heavy atom. The molecule has 5 heteroatoms. The van der Waals surface area contributed by atoms with E-state index in [0.717, 1.165) is 11.3 Å². The molecule has 3 nitrogen and oxygen atoms in total. The molecular weight excluding hydrogens is 247 g/mol. The fourth-order valence-electron chi connectivity index (χ4n) is 1.40. The molecule has 1 N–H and O–H groups in total. The van der Waals surface area contributed by atoms with Crippen LogP contribution >= 0.6 is 23.2 Å². The summed E-state index contributed by atoms with van der Waals surface area (Å²) in [6.07, 6.45) is 0. The molecule has 0 saturated heterocycles. The topological polar surface area (TPSA) is 38.1 Å². The van der Waals surface area contributed by atoms with E-state index in [0.29, 0.717) is 22.4 Å². The van der Waals surface area contributed by atoms with E-state index < -0.39 is 0 Å². The Labute approximate surface area is 103 Å². The third-order valence-electron chi connectivity index (χ3n) is 2.13. The number of benzene rings is 1. The van der Waals surface area contributed by atoms with Gasteiger partial charge in [-0.3, -0.25) is 0 Å². The molecule has 0 aliphatic rings. The number of hydrogen-bond acceptors (Lipinski definition) is 3. The van der Waals surface area contributed by atoms with E-state index in [1.165, 1.54) is 0 Å². The molecule has 0 atom stereocenters. The molecule has 2 rings (SSSR count). The van der Waals surface area contributed by atoms with Crippen molar-refractivity contribution in [3.05, 3.63) is 40.0 Å². The largest absolute Gasteiger partial charge is 0.356 e. The third kappa shape index (κ3) is 2.21. The second kappa shape index (κ2) is 4.87. The van der Waals surface area contributed by atoms with Gasteiger partial charge in [0.2, 0.25) is 0 Å². The van der Waals surface area contributed by atoms with Crippen LogP contribution in [0.3, 0.4) is 0 Å². The third-order valence-corrected chi connectivity index (χ3v) is 2.95. The van der Waals surface area contributed by atoms with Crippen molar-refractivity contribution in [1.82, 2.24) is 10.5 Å². The number of rotatable bonds is 3. The standard InChI is InChI=1S/C11H10Cl2N2O/c1-14-6-7-5-10(16-15-7)8-3-2-4-9(12)11(8)13/h2-5,14H,6H2,1H3. The first-order valence-electron chi connectivity index (χ1n) is 4.77. The summed E-state index contributed by atoms with van der Waals surface area (Å²) >= 11 is 12.0. The van der Waals surface area contributed by atoms with Crippen LogP contribution in [0.25, 0.3) is 11.3 Å². The molecule has 0 radical (unpaired) electrons. The maximum atomic E-state index is 6.08. The molecule has 16 heavy (non-hydrogen) atoms. The minimum atomic E-state index is 0.483. The van der Waals surface area contributed by atoms with Crippen molar-refractivity contribution < 1.29 is 4.52 Å². The van der Waals surface area contributed by atoms with Gasteiger partial charge in [-0.1, -0.05) is 34.4 Å². The number of hydrogen-bond donors (Lipinski definition) is 1. The summed E-state index contributed by atoms with van der Waals surface area (Å²) < 4.78 is 5.21. The van der Waals surface area contributed by atoms with Crippen LogP contribution in [-0.2, 0) is 6.54 Å². The van der Waals surface area contributed by atoms with Crippen LogP contribution in [0.2, 0.25) is 10.0 Å². The van der Waals surface area contributed by atoms with Gasteiger partial charge in [-0.2, -0.15) is 0 Å². The van der Waals surface area contributed by atoms with E-state index in [-0.39, 0.29) is 0 Å². The van der Waals surface area contributed by atoms with Gasteiger partial charge in [0.1, 0.15) is 0 Å². The lowest BCUT2D eigenvalue weighted by molar-refractivity contribution is 0.421. The quantitative estimate of drug-likeness (QED) is 0.916. The zero-order chi connectivity index (χ0) is 11.5. The van der Waals surface area contributed by atoms with Crippen LogP contribution in [0.1, 0.15) is 5.69 Å². The van der Waals surface area contributed by atoms with E-state index in [9.17, 15) is 0 Å². The van der Waals surface area contributed by atoms with Crippen molar-refractivity contribution in [2.24, 2.45) is 0 Å². The fourth-order valence-corrected chi connectivity index (χ4v) is 1.79. The molecule has 1 aromatic heterocycles. The van der Waals surface area contributed by atoms with Crippen LogP contribution in [0.15, 0.2) is 28.8 Å². The van der Waals surface area contributed by atoms with Crippen LogP contribution in [0, 0.1) is 0 Å². The Hall–Kier alpha value is -1.03. The van der Waals surface area contributed by atoms with Gasteiger partial charge in [0.05, 0.1) is 15.7 Å². The molecule has 0 aliphatic carbocycles. The highest BCUT2D eigenvalue weighted by atomic mass is 35.5. The average molecular weight is 257 g/mol. The van der Waals surface area contributed by atoms with Crippen LogP contribution < -0.4 is 5.32 Å². The molecule has 0 aliphatic heterocycles. The molecule has 1 heterocycles. The summed E-state index contributed by atoms with van der Waals surface area (Å²) in [7, 11) is 1.85. The Morgan fingerprint density at radius 2 is 2.19 bits per heavy atom. The summed E-state index contributed by atoms with van der Waals surface area (Å²) in [5, 5.41) is 7.90. The smallest absolute Gasteiger partial charge is 0.168 e. The Kier molecular flexibility index (Phi) is 3.49. The summed E-state index contributed by atoms with van der Waals surface area (Å²) in [4.78, 5) is 0. The van der Waals surface area contributed by atoms with Crippen molar-refractivity contribution in [1.29, 1.82) is 0 Å². The minimum Gasteiger partial charge on any atom is -0.356 e. The highest BCUT2D eigenvalue weighted by molar-refractivity contribution is 6.43. The van der Waals surface area contributed by atoms with Gasteiger partial charge in [0.15, 0.2) is 5.76 Å². The highest BCUT2D eigenvalue weighted by Gasteiger charge is 2.11. The van der Waals surface area contributed by atoms with Crippen molar-refractivity contribution >= 4 is 23.2 Å². The van der Waals surface area contributed by atoms with Crippen LogP contribution in [0.5, 0.6) is 0 Å². The second-order valence-electron chi connectivity index (χ2n) is 3.31. The lowest BCUT2D eigenvalue weighted by atomic mass is 10.1. The summed E-state index contributed by atoms with van der Waals surface area (Å²) in [5.74, 6) is 0.623. The fraction of sp³-hybridized carbons (Fsp3) is 0.182. The van der Waals surface area contributed by atoms with Gasteiger partial charge >= 0.3 is 0 Å². The predicted molar refractivity (Wildman–Crippen MR) is 64.7 cm³/mol. The molecule has 0 fully saturated rings. The maximum Gasteiger partial charge on any atom is 0.168 e. The molecular formula is C11H10Cl2N2O. The van der Waals surface area contributed by atoms with Crippen molar-refractivity contribution in [3.63, 3.8) is 0 Å². The molecule has 0 bridgehead atoms. The van der Waals surface area contributed by atoms with E-state index in [4.69, 9.17) is 27.7 Å². The van der Waals surface area contributed by atoms with Gasteiger partial charge in [-0.15, -0.1) is 0 Å². The van der Waals surface area contributed by atoms with E-state index >= 15 is 0 Å². The number of nitrogens with one attached hydrogen (secondary N) is 1. The van der Waals surface area contributed by atoms with Crippen molar-refractivity contribution in [3.8, 4) is 11.3 Å². The van der Waals surface area contributed by atoms with Gasteiger partial charge in [0, 0.05) is 18.2 Å². The first-order valence-corrected chi connectivity index (χ1v) is 5.52. The van der Waals surface area contributed by atoms with Gasteiger partial charge < -0.3 is 9.84 Å². The Balaban J connectivity index is 2.39. The lowest BCUT2D eigenvalue weighted by Crippen LogP contribution is -2.04. The first-order chi connectivity index (χ1) is 7.72. The zero-order valence-corrected chi connectivity index (χ0v) is 10.1. The number of halogens is 2. The SMILES string of the molecule is CNCc1cc(-c2cccc(Cl)c2Cl)on1. The average Bonchev–Trinajstić information content (AvgIpc) is 2.71. The predicted octanol–water partition coefficient (Wildman–Crippen LogP) is 3.37. The zero-order valence-electron chi connectivity index (χ0n) is 8.63. The molecule has 84 valence electrons. The molecule has 1 aromatic carbocycles. The summed E-state index contributed by atoms with van der Waals surface area (Å²) in [5.41, 5.74) is 1.58. The first kappa shape index (κ1) is 11.5. The maximum absolute atomic E-state index is 6.08. The number of nitrogens with zero attached hydrogens (tertiary/aromatic N) is 1. The van der Waals surface area contributed by atoms with Gasteiger partial charge in [-0.05, 0) is 19.2 Å². The van der Waals surface area contributed by atoms with E-state index in [1.54, 1.807) is 6.07 Å². The Morgan fingerprint density at radius 3 is 2.94 bits per heavy atom. The molecule has 2 aromatic rings. The van der Waals surface area contributed by atoms with Crippen LogP contribution in [0.4, 0.5) is 0 Å². The van der Waals surface area contributed by atoms with Gasteiger partial charge in [-0.25, -0.2) is 0 Å². The van der Waals surface area contributed by atoms with E-state index in [2.05, 4.69) is 10.5 Å².